The Morgan fingerprint density at radius 1 is 1.07 bits per heavy atom. The lowest BCUT2D eigenvalue weighted by Gasteiger charge is -2.28. The predicted octanol–water partition coefficient (Wildman–Crippen LogP) is 2.87. The number of hydrogen-bond donors (Lipinski definition) is 1. The molecule has 0 fully saturated rings. The smallest absolute Gasteiger partial charge is 0.261 e. The van der Waals surface area contributed by atoms with E-state index in [1.54, 1.807) is 6.07 Å². The minimum absolute atomic E-state index is 0. The highest BCUT2D eigenvalue weighted by atomic mass is 35.5. The van der Waals surface area contributed by atoms with E-state index in [0.717, 1.165) is 26.5 Å². The van der Waals surface area contributed by atoms with Gasteiger partial charge in [-0.25, -0.2) is 0 Å². The molecule has 29 heavy (non-hydrogen) atoms. The van der Waals surface area contributed by atoms with E-state index in [1.807, 2.05) is 50.2 Å². The van der Waals surface area contributed by atoms with Crippen LogP contribution in [0.3, 0.4) is 0 Å². The number of nitrogens with one attached hydrogen (secondary N) is 1. The number of hydrogen-bond acceptors (Lipinski definition) is 7. The molecule has 0 aliphatic carbocycles. The molecular formula is C20H22ClN5O2S. The van der Waals surface area contributed by atoms with Gasteiger partial charge in [-0.05, 0) is 25.1 Å². The van der Waals surface area contributed by atoms with Crippen LogP contribution >= 0.6 is 23.7 Å². The van der Waals surface area contributed by atoms with Gasteiger partial charge < -0.3 is 10.2 Å². The molecule has 0 spiro atoms. The number of anilines is 1. The summed E-state index contributed by atoms with van der Waals surface area (Å²) in [5.41, 5.74) is 2.15. The lowest BCUT2D eigenvalue weighted by Crippen LogP contribution is -2.43. The van der Waals surface area contributed by atoms with Crippen molar-refractivity contribution in [2.45, 2.75) is 13.5 Å². The van der Waals surface area contributed by atoms with Gasteiger partial charge in [-0.2, -0.15) is 0 Å². The molecule has 0 saturated carbocycles. The minimum Gasteiger partial charge on any atom is -0.377 e. The molecule has 152 valence electrons. The zero-order valence-corrected chi connectivity index (χ0v) is 18.1. The molecule has 0 saturated heterocycles. The van der Waals surface area contributed by atoms with Gasteiger partial charge in [0.15, 0.2) is 0 Å². The maximum Gasteiger partial charge on any atom is 0.261 e. The quantitative estimate of drug-likeness (QED) is 0.477. The summed E-state index contributed by atoms with van der Waals surface area (Å²) in [5.74, 6) is -0.486. The predicted molar refractivity (Wildman–Crippen MR) is 117 cm³/mol. The van der Waals surface area contributed by atoms with Crippen molar-refractivity contribution >= 4 is 52.0 Å². The summed E-state index contributed by atoms with van der Waals surface area (Å²) >= 11 is 1.53. The molecule has 4 rings (SSSR count). The molecule has 2 aromatic carbocycles. The molecule has 0 atom stereocenters. The molecule has 0 unspecified atom stereocenters. The second-order valence-electron chi connectivity index (χ2n) is 6.91. The molecule has 1 aliphatic rings. The Labute approximate surface area is 179 Å². The Morgan fingerprint density at radius 3 is 2.45 bits per heavy atom. The first-order valence-corrected chi connectivity index (χ1v) is 9.88. The first kappa shape index (κ1) is 21.2. The minimum atomic E-state index is -0.243. The zero-order chi connectivity index (χ0) is 19.8. The summed E-state index contributed by atoms with van der Waals surface area (Å²) in [6, 6.07) is 9.38. The van der Waals surface area contributed by atoms with Gasteiger partial charge in [0.05, 0.1) is 0 Å². The van der Waals surface area contributed by atoms with Crippen LogP contribution in [-0.4, -0.2) is 54.1 Å². The van der Waals surface area contributed by atoms with Crippen molar-refractivity contribution in [3.05, 3.63) is 51.5 Å². The van der Waals surface area contributed by atoms with E-state index in [2.05, 4.69) is 15.5 Å². The normalized spacial score (nSPS) is 13.0. The SMILES string of the molecule is Cc1nnc(CNCCN2C(=O)c3cccc4c(N(C)C)ccc(c34)C2=O)s1.Cl. The van der Waals surface area contributed by atoms with E-state index < -0.39 is 0 Å². The average molecular weight is 432 g/mol. The third-order valence-corrected chi connectivity index (χ3v) is 5.65. The van der Waals surface area contributed by atoms with Gasteiger partial charge in [0.2, 0.25) is 0 Å². The van der Waals surface area contributed by atoms with Crippen LogP contribution in [0.5, 0.6) is 0 Å². The Bertz CT molecular complexity index is 1060. The number of carbonyl (C=O) groups excluding carboxylic acids is 2. The molecule has 7 nitrogen and oxygen atoms in total. The topological polar surface area (TPSA) is 78.4 Å². The number of halogens is 1. The van der Waals surface area contributed by atoms with E-state index in [4.69, 9.17) is 0 Å². The first-order chi connectivity index (χ1) is 13.5. The fraction of sp³-hybridized carbons (Fsp3) is 0.300. The Balaban J connectivity index is 0.00000240. The van der Waals surface area contributed by atoms with Crippen LogP contribution in [0.4, 0.5) is 5.69 Å². The van der Waals surface area contributed by atoms with Crippen molar-refractivity contribution in [1.29, 1.82) is 0 Å². The molecule has 1 aromatic heterocycles. The summed E-state index contributed by atoms with van der Waals surface area (Å²) in [4.78, 5) is 29.3. The van der Waals surface area contributed by atoms with Crippen LogP contribution in [-0.2, 0) is 6.54 Å². The van der Waals surface area contributed by atoms with Gasteiger partial charge >= 0.3 is 0 Å². The summed E-state index contributed by atoms with van der Waals surface area (Å²) in [5, 5.41) is 14.8. The summed E-state index contributed by atoms with van der Waals surface area (Å²) in [7, 11) is 3.90. The van der Waals surface area contributed by atoms with Crippen molar-refractivity contribution in [2.75, 3.05) is 32.1 Å². The Morgan fingerprint density at radius 2 is 1.79 bits per heavy atom. The fourth-order valence-corrected chi connectivity index (χ4v) is 4.20. The number of carbonyl (C=O) groups is 2. The largest absolute Gasteiger partial charge is 0.377 e. The van der Waals surface area contributed by atoms with Gasteiger partial charge in [0, 0.05) is 61.3 Å². The second-order valence-corrected chi connectivity index (χ2v) is 8.17. The van der Waals surface area contributed by atoms with E-state index in [9.17, 15) is 9.59 Å². The molecule has 9 heteroatoms. The number of nitrogens with zero attached hydrogens (tertiary/aromatic N) is 4. The number of rotatable bonds is 6. The van der Waals surface area contributed by atoms with Crippen molar-refractivity contribution < 1.29 is 9.59 Å². The fourth-order valence-electron chi connectivity index (χ4n) is 3.52. The van der Waals surface area contributed by atoms with Gasteiger partial charge in [0.25, 0.3) is 11.8 Å². The van der Waals surface area contributed by atoms with Crippen LogP contribution in [0.15, 0.2) is 30.3 Å². The zero-order valence-electron chi connectivity index (χ0n) is 16.4. The van der Waals surface area contributed by atoms with Crippen molar-refractivity contribution in [3.8, 4) is 0 Å². The summed E-state index contributed by atoms with van der Waals surface area (Å²) in [6.07, 6.45) is 0. The number of amides is 2. The third kappa shape index (κ3) is 3.83. The molecular weight excluding hydrogens is 410 g/mol. The van der Waals surface area contributed by atoms with Crippen LogP contribution in [0, 0.1) is 6.92 Å². The first-order valence-electron chi connectivity index (χ1n) is 9.06. The highest BCUT2D eigenvalue weighted by molar-refractivity contribution is 7.11. The Hall–Kier alpha value is -2.55. The Kier molecular flexibility index (Phi) is 6.16. The molecule has 2 heterocycles. The number of aromatic nitrogens is 2. The van der Waals surface area contributed by atoms with Crippen LogP contribution in [0.2, 0.25) is 0 Å². The molecule has 3 aromatic rings. The van der Waals surface area contributed by atoms with Gasteiger partial charge in [-0.15, -0.1) is 33.9 Å². The van der Waals surface area contributed by atoms with E-state index in [0.29, 0.717) is 30.8 Å². The maximum absolute atomic E-state index is 13.0. The molecule has 0 radical (unpaired) electrons. The van der Waals surface area contributed by atoms with Crippen molar-refractivity contribution in [2.24, 2.45) is 0 Å². The van der Waals surface area contributed by atoms with E-state index in [-0.39, 0.29) is 24.2 Å². The van der Waals surface area contributed by atoms with E-state index >= 15 is 0 Å². The van der Waals surface area contributed by atoms with Gasteiger partial charge in [0.1, 0.15) is 10.0 Å². The number of benzene rings is 2. The highest BCUT2D eigenvalue weighted by Gasteiger charge is 2.33. The molecule has 0 bridgehead atoms. The number of imide groups is 1. The lowest BCUT2D eigenvalue weighted by molar-refractivity contribution is 0.0612. The lowest BCUT2D eigenvalue weighted by atomic mass is 9.93. The van der Waals surface area contributed by atoms with Crippen molar-refractivity contribution in [1.82, 2.24) is 20.4 Å². The monoisotopic (exact) mass is 431 g/mol. The average Bonchev–Trinajstić information content (AvgIpc) is 3.09. The standard InChI is InChI=1S/C20H21N5O2S.ClH/c1-12-22-23-17(28-12)11-21-9-10-25-19(26)14-6-4-5-13-16(24(2)3)8-7-15(18(13)14)20(25)27;/h4-8,21H,9-11H2,1-3H3;1H. The van der Waals surface area contributed by atoms with E-state index in [1.165, 1.54) is 16.2 Å². The highest BCUT2D eigenvalue weighted by Crippen LogP contribution is 2.35. The van der Waals surface area contributed by atoms with Crippen molar-refractivity contribution in [3.63, 3.8) is 0 Å². The molecule has 1 aliphatic heterocycles. The summed E-state index contributed by atoms with van der Waals surface area (Å²) in [6.45, 7) is 3.28. The third-order valence-electron chi connectivity index (χ3n) is 4.81. The van der Waals surface area contributed by atoms with Crippen LogP contribution in [0.25, 0.3) is 10.8 Å². The van der Waals surface area contributed by atoms with Gasteiger partial charge in [-0.3, -0.25) is 14.5 Å². The molecule has 2 amide bonds. The van der Waals surface area contributed by atoms with Crippen LogP contribution < -0.4 is 10.2 Å². The summed E-state index contributed by atoms with van der Waals surface area (Å²) < 4.78 is 0. The van der Waals surface area contributed by atoms with Crippen LogP contribution in [0.1, 0.15) is 30.7 Å². The molecule has 1 N–H and O–H groups in total. The maximum atomic E-state index is 13.0. The second kappa shape index (κ2) is 8.44. The van der Waals surface area contributed by atoms with Gasteiger partial charge in [-0.1, -0.05) is 12.1 Å². The number of aryl methyl sites for hydroxylation is 1.